The van der Waals surface area contributed by atoms with Crippen molar-refractivity contribution in [3.8, 4) is 11.5 Å². The molecular weight excluding hydrogens is 445 g/mol. The van der Waals surface area contributed by atoms with Crippen LogP contribution in [-0.4, -0.2) is 58.4 Å². The van der Waals surface area contributed by atoms with E-state index in [9.17, 15) is 0 Å². The molecule has 0 atom stereocenters. The third-order valence-electron chi connectivity index (χ3n) is 4.15. The Morgan fingerprint density at radius 1 is 1.27 bits per heavy atom. The maximum Gasteiger partial charge on any atom is 0.194 e. The van der Waals surface area contributed by atoms with Crippen molar-refractivity contribution >= 4 is 29.9 Å². The average Bonchev–Trinajstić information content (AvgIpc) is 3.45. The fraction of sp³-hybridized carbons (Fsp3) is 0.632. The van der Waals surface area contributed by atoms with Crippen LogP contribution in [0.25, 0.3) is 0 Å². The van der Waals surface area contributed by atoms with Gasteiger partial charge in [0.25, 0.3) is 0 Å². The van der Waals surface area contributed by atoms with Crippen LogP contribution in [-0.2, 0) is 11.3 Å². The monoisotopic (exact) mass is 477 g/mol. The van der Waals surface area contributed by atoms with Gasteiger partial charge in [-0.25, -0.2) is 0 Å². The fourth-order valence-corrected chi connectivity index (χ4v) is 2.53. The third-order valence-corrected chi connectivity index (χ3v) is 4.15. The summed E-state index contributed by atoms with van der Waals surface area (Å²) in [6.45, 7) is 5.81. The van der Waals surface area contributed by atoms with Gasteiger partial charge >= 0.3 is 0 Å². The molecule has 0 amide bonds. The lowest BCUT2D eigenvalue weighted by atomic mass is 10.2. The number of methoxy groups -OCH3 is 2. The Labute approximate surface area is 174 Å². The van der Waals surface area contributed by atoms with Crippen LogP contribution in [0.3, 0.4) is 0 Å². The molecule has 0 spiro atoms. The zero-order chi connectivity index (χ0) is 18.1. The molecule has 1 N–H and O–H groups in total. The molecule has 0 radical (unpaired) electrons. The highest BCUT2D eigenvalue weighted by Gasteiger charge is 2.20. The Balaban J connectivity index is 0.00000338. The van der Waals surface area contributed by atoms with Gasteiger partial charge in [-0.1, -0.05) is 0 Å². The molecule has 1 saturated carbocycles. The third kappa shape index (κ3) is 7.57. The first kappa shape index (κ1) is 22.8. The van der Waals surface area contributed by atoms with Gasteiger partial charge in [0.05, 0.1) is 27.4 Å². The second kappa shape index (κ2) is 12.2. The number of ether oxygens (including phenoxy) is 3. The second-order valence-electron chi connectivity index (χ2n) is 6.29. The summed E-state index contributed by atoms with van der Waals surface area (Å²) >= 11 is 0. The SMILES string of the molecule is CCNC(=NCCOCC1CC1)N(C)Cc1ccc(OC)cc1OC.I. The standard InChI is InChI=1S/C19H31N3O3.HI/c1-5-20-19(21-10-11-25-14-15-6-7-15)22(2)13-16-8-9-17(23-3)12-18(16)24-4;/h8-9,12,15H,5-7,10-11,13-14H2,1-4H3,(H,20,21);1H. The smallest absolute Gasteiger partial charge is 0.194 e. The van der Waals surface area contributed by atoms with E-state index in [0.29, 0.717) is 19.7 Å². The molecule has 26 heavy (non-hydrogen) atoms. The molecule has 0 aliphatic heterocycles. The summed E-state index contributed by atoms with van der Waals surface area (Å²) in [4.78, 5) is 6.75. The number of hydrogen-bond donors (Lipinski definition) is 1. The molecule has 1 aliphatic rings. The predicted octanol–water partition coefficient (Wildman–Crippen LogP) is 3.15. The van der Waals surface area contributed by atoms with Crippen LogP contribution in [0.1, 0.15) is 25.3 Å². The molecule has 1 aromatic carbocycles. The minimum atomic E-state index is 0. The van der Waals surface area contributed by atoms with Gasteiger partial charge in [-0.05, 0) is 37.8 Å². The topological polar surface area (TPSA) is 55.3 Å². The van der Waals surface area contributed by atoms with Crippen molar-refractivity contribution in [2.75, 3.05) is 47.6 Å². The molecule has 0 bridgehead atoms. The highest BCUT2D eigenvalue weighted by Crippen LogP contribution is 2.28. The van der Waals surface area contributed by atoms with Crippen molar-refractivity contribution in [2.24, 2.45) is 10.9 Å². The predicted molar refractivity (Wildman–Crippen MR) is 116 cm³/mol. The molecule has 0 unspecified atom stereocenters. The van der Waals surface area contributed by atoms with Gasteiger partial charge in [0.15, 0.2) is 5.96 Å². The first-order valence-electron chi connectivity index (χ1n) is 8.96. The summed E-state index contributed by atoms with van der Waals surface area (Å²) in [7, 11) is 5.35. The minimum Gasteiger partial charge on any atom is -0.497 e. The normalized spacial score (nSPS) is 13.8. The number of guanidine groups is 1. The first-order valence-corrected chi connectivity index (χ1v) is 8.96. The molecule has 1 aromatic rings. The molecule has 0 saturated heterocycles. The highest BCUT2D eigenvalue weighted by atomic mass is 127. The van der Waals surface area contributed by atoms with Crippen LogP contribution >= 0.6 is 24.0 Å². The quantitative estimate of drug-likeness (QED) is 0.243. The lowest BCUT2D eigenvalue weighted by Crippen LogP contribution is -2.38. The van der Waals surface area contributed by atoms with E-state index in [-0.39, 0.29) is 24.0 Å². The van der Waals surface area contributed by atoms with E-state index >= 15 is 0 Å². The van der Waals surface area contributed by atoms with Gasteiger partial charge in [-0.3, -0.25) is 4.99 Å². The molecule has 2 rings (SSSR count). The largest absolute Gasteiger partial charge is 0.497 e. The number of halogens is 1. The minimum absolute atomic E-state index is 0. The van der Waals surface area contributed by atoms with E-state index < -0.39 is 0 Å². The van der Waals surface area contributed by atoms with Gasteiger partial charge < -0.3 is 24.4 Å². The Hall–Kier alpha value is -1.22. The number of nitrogens with zero attached hydrogens (tertiary/aromatic N) is 2. The lowest BCUT2D eigenvalue weighted by molar-refractivity contribution is 0.131. The highest BCUT2D eigenvalue weighted by molar-refractivity contribution is 14.0. The average molecular weight is 477 g/mol. The van der Waals surface area contributed by atoms with Gasteiger partial charge in [0.1, 0.15) is 11.5 Å². The van der Waals surface area contributed by atoms with Crippen molar-refractivity contribution < 1.29 is 14.2 Å². The number of nitrogens with one attached hydrogen (secondary N) is 1. The van der Waals surface area contributed by atoms with Crippen LogP contribution in [0.4, 0.5) is 0 Å². The van der Waals surface area contributed by atoms with Crippen LogP contribution < -0.4 is 14.8 Å². The molecule has 0 heterocycles. The zero-order valence-corrected chi connectivity index (χ0v) is 18.6. The maximum absolute atomic E-state index is 5.66. The van der Waals surface area contributed by atoms with Crippen LogP contribution in [0.5, 0.6) is 11.5 Å². The molecule has 1 aliphatic carbocycles. The molecule has 1 fully saturated rings. The summed E-state index contributed by atoms with van der Waals surface area (Å²) < 4.78 is 16.4. The van der Waals surface area contributed by atoms with Crippen molar-refractivity contribution in [1.82, 2.24) is 10.2 Å². The Bertz CT molecular complexity index is 565. The van der Waals surface area contributed by atoms with Gasteiger partial charge in [-0.2, -0.15) is 0 Å². The number of benzene rings is 1. The number of aliphatic imine (C=N–C) groups is 1. The van der Waals surface area contributed by atoms with E-state index in [2.05, 4.69) is 22.1 Å². The van der Waals surface area contributed by atoms with E-state index in [4.69, 9.17) is 14.2 Å². The van der Waals surface area contributed by atoms with Gasteiger partial charge in [0.2, 0.25) is 0 Å². The van der Waals surface area contributed by atoms with Crippen molar-refractivity contribution in [2.45, 2.75) is 26.3 Å². The summed E-state index contributed by atoms with van der Waals surface area (Å²) in [5.74, 6) is 3.27. The molecule has 148 valence electrons. The summed E-state index contributed by atoms with van der Waals surface area (Å²) in [6, 6.07) is 5.87. The number of hydrogen-bond acceptors (Lipinski definition) is 4. The molecule has 6 nitrogen and oxygen atoms in total. The van der Waals surface area contributed by atoms with Crippen molar-refractivity contribution in [3.63, 3.8) is 0 Å². The molecule has 0 aromatic heterocycles. The zero-order valence-electron chi connectivity index (χ0n) is 16.3. The Morgan fingerprint density at radius 2 is 2.04 bits per heavy atom. The van der Waals surface area contributed by atoms with E-state index in [1.807, 2.05) is 25.2 Å². The van der Waals surface area contributed by atoms with Crippen LogP contribution in [0.15, 0.2) is 23.2 Å². The number of rotatable bonds is 10. The van der Waals surface area contributed by atoms with Crippen molar-refractivity contribution in [1.29, 1.82) is 0 Å². The van der Waals surface area contributed by atoms with Gasteiger partial charge in [-0.15, -0.1) is 24.0 Å². The van der Waals surface area contributed by atoms with E-state index in [1.54, 1.807) is 14.2 Å². The van der Waals surface area contributed by atoms with E-state index in [1.165, 1.54) is 12.8 Å². The lowest BCUT2D eigenvalue weighted by Gasteiger charge is -2.23. The molecule has 7 heteroatoms. The van der Waals surface area contributed by atoms with Crippen molar-refractivity contribution in [3.05, 3.63) is 23.8 Å². The Morgan fingerprint density at radius 3 is 2.65 bits per heavy atom. The first-order chi connectivity index (χ1) is 12.2. The van der Waals surface area contributed by atoms with Gasteiger partial charge in [0, 0.05) is 38.4 Å². The molecular formula is C19H32IN3O3. The fourth-order valence-electron chi connectivity index (χ4n) is 2.53. The summed E-state index contributed by atoms with van der Waals surface area (Å²) in [5.41, 5.74) is 1.08. The summed E-state index contributed by atoms with van der Waals surface area (Å²) in [5, 5.41) is 3.33. The maximum atomic E-state index is 5.66. The van der Waals surface area contributed by atoms with Crippen LogP contribution in [0, 0.1) is 5.92 Å². The van der Waals surface area contributed by atoms with E-state index in [0.717, 1.165) is 42.1 Å². The second-order valence-corrected chi connectivity index (χ2v) is 6.29. The Kier molecular flexibility index (Phi) is 10.7. The van der Waals surface area contributed by atoms with Crippen LogP contribution in [0.2, 0.25) is 0 Å². The summed E-state index contributed by atoms with van der Waals surface area (Å²) in [6.07, 6.45) is 2.64.